The van der Waals surface area contributed by atoms with Crippen molar-refractivity contribution in [3.05, 3.63) is 17.0 Å². The number of carboxylic acid groups (broad SMARTS) is 1. The van der Waals surface area contributed by atoms with Gasteiger partial charge in [-0.15, -0.1) is 11.3 Å². The molecule has 1 atom stereocenters. The van der Waals surface area contributed by atoms with E-state index in [4.69, 9.17) is 10.2 Å². The van der Waals surface area contributed by atoms with Crippen LogP contribution in [0.5, 0.6) is 0 Å². The Morgan fingerprint density at radius 1 is 1.50 bits per heavy atom. The summed E-state index contributed by atoms with van der Waals surface area (Å²) < 4.78 is 26.0. The highest BCUT2D eigenvalue weighted by Crippen LogP contribution is 2.21. The first-order chi connectivity index (χ1) is 8.36. The van der Waals surface area contributed by atoms with Gasteiger partial charge in [0.05, 0.1) is 0 Å². The molecule has 0 saturated heterocycles. The Kier molecular flexibility index (Phi) is 5.27. The maximum absolute atomic E-state index is 11.8. The molecular weight excluding hydrogens is 278 g/mol. The Morgan fingerprint density at radius 3 is 2.67 bits per heavy atom. The van der Waals surface area contributed by atoms with Crippen LogP contribution in [0.4, 0.5) is 0 Å². The zero-order valence-electron chi connectivity index (χ0n) is 9.79. The van der Waals surface area contributed by atoms with Crippen molar-refractivity contribution in [2.75, 3.05) is 13.2 Å². The summed E-state index contributed by atoms with van der Waals surface area (Å²) in [6.07, 6.45) is 0.507. The Labute approximate surface area is 109 Å². The van der Waals surface area contributed by atoms with E-state index in [0.29, 0.717) is 17.8 Å². The second-order valence-corrected chi connectivity index (χ2v) is 6.97. The summed E-state index contributed by atoms with van der Waals surface area (Å²) in [6, 6.07) is 2.53. The second kappa shape index (κ2) is 6.28. The maximum atomic E-state index is 11.8. The highest BCUT2D eigenvalue weighted by atomic mass is 32.2. The third-order valence-corrected chi connectivity index (χ3v) is 5.29. The van der Waals surface area contributed by atoms with Crippen LogP contribution in [-0.4, -0.2) is 37.8 Å². The molecule has 0 aliphatic rings. The number of rotatable bonds is 7. The van der Waals surface area contributed by atoms with Crippen LogP contribution in [0.1, 0.15) is 23.0 Å². The first-order valence-corrected chi connectivity index (χ1v) is 7.60. The van der Waals surface area contributed by atoms with Crippen molar-refractivity contribution in [3.63, 3.8) is 0 Å². The third-order valence-electron chi connectivity index (χ3n) is 2.30. The fourth-order valence-electron chi connectivity index (χ4n) is 1.23. The Morgan fingerprint density at radius 2 is 2.17 bits per heavy atom. The van der Waals surface area contributed by atoms with E-state index in [1.54, 1.807) is 0 Å². The van der Waals surface area contributed by atoms with Gasteiger partial charge in [-0.3, -0.25) is 0 Å². The highest BCUT2D eigenvalue weighted by Gasteiger charge is 2.19. The normalized spacial score (nSPS) is 13.4. The first kappa shape index (κ1) is 15.1. The number of aliphatic hydroxyl groups excluding tert-OH is 1. The molecule has 0 amide bonds. The van der Waals surface area contributed by atoms with Crippen molar-refractivity contribution in [3.8, 4) is 0 Å². The number of aliphatic hydroxyl groups is 1. The third kappa shape index (κ3) is 4.05. The Hall–Kier alpha value is -0.960. The molecule has 0 aliphatic carbocycles. The Balaban J connectivity index is 2.71. The van der Waals surface area contributed by atoms with Crippen LogP contribution < -0.4 is 4.72 Å². The lowest BCUT2D eigenvalue weighted by Gasteiger charge is -2.10. The van der Waals surface area contributed by atoms with Crippen molar-refractivity contribution < 1.29 is 23.4 Å². The highest BCUT2D eigenvalue weighted by molar-refractivity contribution is 7.91. The van der Waals surface area contributed by atoms with Crippen LogP contribution in [0.15, 0.2) is 16.3 Å². The molecule has 8 heteroatoms. The maximum Gasteiger partial charge on any atom is 0.345 e. The predicted octanol–water partition coefficient (Wildman–Crippen LogP) is 0.743. The van der Waals surface area contributed by atoms with E-state index in [9.17, 15) is 13.2 Å². The lowest BCUT2D eigenvalue weighted by atomic mass is 10.1. The van der Waals surface area contributed by atoms with Gasteiger partial charge in [0.2, 0.25) is 10.0 Å². The van der Waals surface area contributed by atoms with Gasteiger partial charge in [-0.25, -0.2) is 17.9 Å². The molecule has 3 N–H and O–H groups in total. The summed E-state index contributed by atoms with van der Waals surface area (Å²) in [5.74, 6) is -1.13. The van der Waals surface area contributed by atoms with Gasteiger partial charge in [0.1, 0.15) is 9.09 Å². The van der Waals surface area contributed by atoms with E-state index in [-0.39, 0.29) is 28.2 Å². The SMILES string of the molecule is CC(CCO)CNS(=O)(=O)c1ccc(C(=O)O)s1. The minimum Gasteiger partial charge on any atom is -0.477 e. The van der Waals surface area contributed by atoms with Crippen molar-refractivity contribution in [1.29, 1.82) is 0 Å². The number of nitrogens with one attached hydrogen (secondary N) is 1. The van der Waals surface area contributed by atoms with Gasteiger partial charge < -0.3 is 10.2 Å². The van der Waals surface area contributed by atoms with Crippen molar-refractivity contribution >= 4 is 27.3 Å². The number of hydrogen-bond acceptors (Lipinski definition) is 5. The monoisotopic (exact) mass is 293 g/mol. The molecule has 0 aliphatic heterocycles. The molecule has 0 fully saturated rings. The summed E-state index contributed by atoms with van der Waals surface area (Å²) in [5, 5.41) is 17.4. The molecule has 6 nitrogen and oxygen atoms in total. The molecule has 0 saturated carbocycles. The molecule has 1 unspecified atom stereocenters. The summed E-state index contributed by atoms with van der Waals surface area (Å²) >= 11 is 0.714. The van der Waals surface area contributed by atoms with Crippen LogP contribution in [0.2, 0.25) is 0 Å². The molecule has 1 heterocycles. The fourth-order valence-corrected chi connectivity index (χ4v) is 3.58. The fraction of sp³-hybridized carbons (Fsp3) is 0.500. The average Bonchev–Trinajstić information content (AvgIpc) is 2.77. The molecule has 1 rings (SSSR count). The van der Waals surface area contributed by atoms with E-state index < -0.39 is 16.0 Å². The molecule has 18 heavy (non-hydrogen) atoms. The number of carbonyl (C=O) groups is 1. The van der Waals surface area contributed by atoms with Gasteiger partial charge in [0.15, 0.2) is 0 Å². The van der Waals surface area contributed by atoms with Crippen LogP contribution in [0.3, 0.4) is 0 Å². The van der Waals surface area contributed by atoms with Gasteiger partial charge in [-0.05, 0) is 24.5 Å². The number of carboxylic acids is 1. The zero-order valence-corrected chi connectivity index (χ0v) is 11.4. The summed E-state index contributed by atoms with van der Waals surface area (Å²) in [6.45, 7) is 2.03. The average molecular weight is 293 g/mol. The van der Waals surface area contributed by atoms with Crippen LogP contribution >= 0.6 is 11.3 Å². The largest absolute Gasteiger partial charge is 0.477 e. The minimum atomic E-state index is -3.66. The van der Waals surface area contributed by atoms with Gasteiger partial charge >= 0.3 is 5.97 Å². The standard InChI is InChI=1S/C10H15NO5S2/c1-7(4-5-12)6-11-18(15,16)9-3-2-8(17-9)10(13)14/h2-3,7,11-12H,4-6H2,1H3,(H,13,14). The summed E-state index contributed by atoms with van der Waals surface area (Å²) in [4.78, 5) is 10.6. The molecular formula is C10H15NO5S2. The number of hydrogen-bond donors (Lipinski definition) is 3. The smallest absolute Gasteiger partial charge is 0.345 e. The minimum absolute atomic E-state index is 0.00502. The van der Waals surface area contributed by atoms with Gasteiger partial charge in [-0.1, -0.05) is 6.92 Å². The predicted molar refractivity (Wildman–Crippen MR) is 67.3 cm³/mol. The van der Waals surface area contributed by atoms with Gasteiger partial charge in [0, 0.05) is 13.2 Å². The second-order valence-electron chi connectivity index (χ2n) is 3.89. The number of aromatic carboxylic acids is 1. The van der Waals surface area contributed by atoms with E-state index in [2.05, 4.69) is 4.72 Å². The van der Waals surface area contributed by atoms with Crippen LogP contribution in [0, 0.1) is 5.92 Å². The Bertz CT molecular complexity index is 508. The van der Waals surface area contributed by atoms with Crippen molar-refractivity contribution in [2.45, 2.75) is 17.6 Å². The molecule has 0 aromatic carbocycles. The van der Waals surface area contributed by atoms with E-state index in [0.717, 1.165) is 0 Å². The van der Waals surface area contributed by atoms with Gasteiger partial charge in [0.25, 0.3) is 0 Å². The van der Waals surface area contributed by atoms with E-state index in [1.807, 2.05) is 6.92 Å². The first-order valence-electron chi connectivity index (χ1n) is 5.30. The van der Waals surface area contributed by atoms with E-state index in [1.165, 1.54) is 12.1 Å². The molecule has 102 valence electrons. The van der Waals surface area contributed by atoms with Crippen molar-refractivity contribution in [1.82, 2.24) is 4.72 Å². The molecule has 1 aromatic heterocycles. The molecule has 0 radical (unpaired) electrons. The van der Waals surface area contributed by atoms with Crippen LogP contribution in [0.25, 0.3) is 0 Å². The van der Waals surface area contributed by atoms with Gasteiger partial charge in [-0.2, -0.15) is 0 Å². The summed E-state index contributed by atoms with van der Waals surface area (Å²) in [5.41, 5.74) is 0. The lowest BCUT2D eigenvalue weighted by molar-refractivity contribution is 0.0702. The molecule has 0 spiro atoms. The van der Waals surface area contributed by atoms with Crippen LogP contribution in [-0.2, 0) is 10.0 Å². The summed E-state index contributed by atoms with van der Waals surface area (Å²) in [7, 11) is -3.66. The number of sulfonamides is 1. The quantitative estimate of drug-likeness (QED) is 0.688. The number of thiophene rings is 1. The topological polar surface area (TPSA) is 104 Å². The molecule has 1 aromatic rings. The molecule has 0 bridgehead atoms. The van der Waals surface area contributed by atoms with E-state index >= 15 is 0 Å². The van der Waals surface area contributed by atoms with Crippen molar-refractivity contribution in [2.24, 2.45) is 5.92 Å². The zero-order chi connectivity index (χ0) is 13.8. The lowest BCUT2D eigenvalue weighted by Crippen LogP contribution is -2.28.